The minimum Gasteiger partial charge on any atom is -0.314 e. The Kier molecular flexibility index (Phi) is 5.67. The van der Waals surface area contributed by atoms with Crippen LogP contribution < -0.4 is 10.4 Å². The summed E-state index contributed by atoms with van der Waals surface area (Å²) in [5.74, 6) is 0. The second-order valence-corrected chi connectivity index (χ2v) is 8.53. The van der Waals surface area contributed by atoms with E-state index in [1.807, 2.05) is 68.1 Å². The van der Waals surface area contributed by atoms with Crippen LogP contribution in [0.1, 0.15) is 25.6 Å². The molecule has 2 heterocycles. The van der Waals surface area contributed by atoms with E-state index in [0.717, 1.165) is 22.6 Å². The lowest BCUT2D eigenvalue weighted by Crippen LogP contribution is -2.21. The van der Waals surface area contributed by atoms with E-state index in [1.54, 1.807) is 21.5 Å². The molecule has 4 rings (SSSR count). The topological polar surface area (TPSA) is 87.4 Å². The normalized spacial score (nSPS) is 12.0. The van der Waals surface area contributed by atoms with Crippen molar-refractivity contribution in [1.29, 1.82) is 0 Å². The fourth-order valence-electron chi connectivity index (χ4n) is 3.64. The van der Waals surface area contributed by atoms with Gasteiger partial charge in [0, 0.05) is 30.6 Å². The van der Waals surface area contributed by atoms with E-state index in [0.29, 0.717) is 10.5 Å². The van der Waals surface area contributed by atoms with E-state index < -0.39 is 4.92 Å². The first-order valence-corrected chi connectivity index (χ1v) is 11.0. The van der Waals surface area contributed by atoms with E-state index in [-0.39, 0.29) is 17.3 Å². The van der Waals surface area contributed by atoms with Crippen molar-refractivity contribution in [2.24, 2.45) is 12.0 Å². The fourth-order valence-corrected chi connectivity index (χ4v) is 4.68. The highest BCUT2D eigenvalue weighted by molar-refractivity contribution is 7.07. The van der Waals surface area contributed by atoms with Crippen molar-refractivity contribution in [2.45, 2.75) is 26.8 Å². The molecule has 2 aromatic carbocycles. The van der Waals surface area contributed by atoms with E-state index in [4.69, 9.17) is 4.99 Å². The lowest BCUT2D eigenvalue weighted by Gasteiger charge is -2.12. The highest BCUT2D eigenvalue weighted by Crippen LogP contribution is 2.26. The van der Waals surface area contributed by atoms with Crippen molar-refractivity contribution >= 4 is 22.7 Å². The van der Waals surface area contributed by atoms with Crippen LogP contribution in [0.25, 0.3) is 16.9 Å². The number of aromatic nitrogens is 3. The molecule has 0 radical (unpaired) electrons. The predicted octanol–water partition coefficient (Wildman–Crippen LogP) is 4.74. The van der Waals surface area contributed by atoms with Crippen LogP contribution in [0.4, 0.5) is 11.4 Å². The lowest BCUT2D eigenvalue weighted by molar-refractivity contribution is -0.384. The van der Waals surface area contributed by atoms with Gasteiger partial charge in [-0.05, 0) is 50.6 Å². The third-order valence-electron chi connectivity index (χ3n) is 5.36. The number of thiazole rings is 1. The third kappa shape index (κ3) is 3.71. The second kappa shape index (κ2) is 8.43. The summed E-state index contributed by atoms with van der Waals surface area (Å²) in [6.07, 6.45) is 0. The van der Waals surface area contributed by atoms with Gasteiger partial charge >= 0.3 is 0 Å². The van der Waals surface area contributed by atoms with Gasteiger partial charge in [0.2, 0.25) is 0 Å². The van der Waals surface area contributed by atoms with Crippen LogP contribution in [0.15, 0.2) is 69.8 Å². The number of rotatable bonds is 5. The average molecular weight is 450 g/mol. The van der Waals surface area contributed by atoms with Crippen molar-refractivity contribution in [2.75, 3.05) is 0 Å². The van der Waals surface area contributed by atoms with Gasteiger partial charge < -0.3 is 4.57 Å². The van der Waals surface area contributed by atoms with Crippen LogP contribution in [-0.2, 0) is 7.05 Å². The summed E-state index contributed by atoms with van der Waals surface area (Å²) in [5.41, 5.74) is 3.55. The van der Waals surface area contributed by atoms with Gasteiger partial charge in [0.25, 0.3) is 11.2 Å². The molecule has 2 aromatic heterocycles. The maximum atomic E-state index is 13.3. The number of hydrogen-bond acceptors (Lipinski definition) is 5. The Hall–Kier alpha value is -3.72. The molecule has 164 valence electrons. The Morgan fingerprint density at radius 1 is 1.06 bits per heavy atom. The van der Waals surface area contributed by atoms with Crippen molar-refractivity contribution in [3.05, 3.63) is 90.9 Å². The zero-order valence-corrected chi connectivity index (χ0v) is 19.0. The maximum absolute atomic E-state index is 13.3. The molecule has 0 fully saturated rings. The summed E-state index contributed by atoms with van der Waals surface area (Å²) in [6.45, 7) is 5.96. The van der Waals surface area contributed by atoms with Crippen molar-refractivity contribution in [1.82, 2.24) is 13.9 Å². The first-order valence-electron chi connectivity index (χ1n) is 10.1. The molecule has 0 amide bonds. The molecule has 0 spiro atoms. The molecule has 0 atom stereocenters. The summed E-state index contributed by atoms with van der Waals surface area (Å²) in [5, 5.41) is 12.9. The van der Waals surface area contributed by atoms with Gasteiger partial charge in [0.1, 0.15) is 0 Å². The van der Waals surface area contributed by atoms with Gasteiger partial charge in [-0.2, -0.15) is 0 Å². The van der Waals surface area contributed by atoms with Crippen molar-refractivity contribution < 1.29 is 4.92 Å². The molecule has 8 nitrogen and oxygen atoms in total. The molecule has 0 bridgehead atoms. The number of para-hydroxylation sites is 1. The highest BCUT2D eigenvalue weighted by Gasteiger charge is 2.18. The number of nitro benzene ring substituents is 1. The van der Waals surface area contributed by atoms with Gasteiger partial charge in [-0.3, -0.25) is 19.6 Å². The Morgan fingerprint density at radius 2 is 1.72 bits per heavy atom. The molecule has 0 saturated heterocycles. The maximum Gasteiger partial charge on any atom is 0.297 e. The van der Waals surface area contributed by atoms with Crippen LogP contribution in [0, 0.1) is 17.0 Å². The van der Waals surface area contributed by atoms with Gasteiger partial charge in [0.05, 0.1) is 22.0 Å². The molecule has 0 aliphatic heterocycles. The van der Waals surface area contributed by atoms with E-state index in [9.17, 15) is 14.9 Å². The molecule has 4 aromatic rings. The lowest BCUT2D eigenvalue weighted by atomic mass is 10.1. The Bertz CT molecular complexity index is 1410. The Labute approximate surface area is 188 Å². The average Bonchev–Trinajstić information content (AvgIpc) is 3.29. The molecule has 9 heteroatoms. The molecule has 0 unspecified atom stereocenters. The monoisotopic (exact) mass is 449 g/mol. The molecule has 0 aliphatic rings. The minimum atomic E-state index is -0.412. The largest absolute Gasteiger partial charge is 0.314 e. The SMILES string of the molecule is Cc1c(N=c2scc(-c3ccc([N+](=O)[O-])cc3)n2C(C)C)c(=O)n(-c2ccccc2)n1C. The Balaban J connectivity index is 1.88. The second-order valence-electron chi connectivity index (χ2n) is 7.69. The van der Waals surface area contributed by atoms with Gasteiger partial charge in [-0.1, -0.05) is 18.2 Å². The highest BCUT2D eigenvalue weighted by atomic mass is 32.1. The minimum absolute atomic E-state index is 0.0476. The smallest absolute Gasteiger partial charge is 0.297 e. The van der Waals surface area contributed by atoms with Crippen LogP contribution >= 0.6 is 11.3 Å². The Morgan fingerprint density at radius 3 is 2.31 bits per heavy atom. The summed E-state index contributed by atoms with van der Waals surface area (Å²) >= 11 is 1.44. The summed E-state index contributed by atoms with van der Waals surface area (Å²) in [4.78, 5) is 29.3. The summed E-state index contributed by atoms with van der Waals surface area (Å²) in [6, 6.07) is 16.0. The zero-order chi connectivity index (χ0) is 23.0. The van der Waals surface area contributed by atoms with Crippen LogP contribution in [-0.4, -0.2) is 18.9 Å². The first kappa shape index (κ1) is 21.5. The van der Waals surface area contributed by atoms with Crippen LogP contribution in [0.2, 0.25) is 0 Å². The quantitative estimate of drug-likeness (QED) is 0.326. The fraction of sp³-hybridized carbons (Fsp3) is 0.217. The van der Waals surface area contributed by atoms with E-state index in [2.05, 4.69) is 0 Å². The van der Waals surface area contributed by atoms with Crippen molar-refractivity contribution in [3.63, 3.8) is 0 Å². The standard InChI is InChI=1S/C23H23N5O3S/c1-15(2)26-20(17-10-12-19(13-11-17)28(30)31)14-32-23(26)24-21-16(3)25(4)27(22(21)29)18-8-6-5-7-9-18/h5-15H,1-4H3. The van der Waals surface area contributed by atoms with Crippen molar-refractivity contribution in [3.8, 4) is 16.9 Å². The molecule has 32 heavy (non-hydrogen) atoms. The number of hydrogen-bond donors (Lipinski definition) is 0. The number of benzene rings is 2. The summed E-state index contributed by atoms with van der Waals surface area (Å²) in [7, 11) is 1.84. The first-order chi connectivity index (χ1) is 15.3. The van der Waals surface area contributed by atoms with E-state index >= 15 is 0 Å². The molecular weight excluding hydrogens is 426 g/mol. The third-order valence-corrected chi connectivity index (χ3v) is 6.20. The number of nitrogens with zero attached hydrogens (tertiary/aromatic N) is 5. The van der Waals surface area contributed by atoms with Crippen LogP contribution in [0.3, 0.4) is 0 Å². The van der Waals surface area contributed by atoms with Gasteiger partial charge in [-0.25, -0.2) is 9.67 Å². The van der Waals surface area contributed by atoms with Crippen LogP contribution in [0.5, 0.6) is 0 Å². The number of nitro groups is 1. The van der Waals surface area contributed by atoms with Gasteiger partial charge in [0.15, 0.2) is 10.5 Å². The molecule has 0 saturated carbocycles. The predicted molar refractivity (Wildman–Crippen MR) is 126 cm³/mol. The molecule has 0 N–H and O–H groups in total. The zero-order valence-electron chi connectivity index (χ0n) is 18.2. The molecular formula is C23H23N5O3S. The van der Waals surface area contributed by atoms with Gasteiger partial charge in [-0.15, -0.1) is 11.3 Å². The van der Waals surface area contributed by atoms with E-state index in [1.165, 1.54) is 23.5 Å². The summed E-state index contributed by atoms with van der Waals surface area (Å²) < 4.78 is 5.46. The number of non-ortho nitro benzene ring substituents is 1. The molecule has 0 aliphatic carbocycles.